The molecule has 0 radical (unpaired) electrons. The molecular weight excluding hydrogens is 708 g/mol. The highest BCUT2D eigenvalue weighted by molar-refractivity contribution is 6.12. The second-order valence-corrected chi connectivity index (χ2v) is 13.4. The van der Waals surface area contributed by atoms with Crippen molar-refractivity contribution >= 4 is 43.6 Å². The predicted octanol–water partition coefficient (Wildman–Crippen LogP) is 11.4. The predicted molar refractivity (Wildman–Crippen MR) is 212 cm³/mol. The molecule has 10 rings (SSSR count). The van der Waals surface area contributed by atoms with E-state index in [1.165, 1.54) is 0 Å². The zero-order valence-corrected chi connectivity index (χ0v) is 29.3. The molecule has 0 aliphatic carbocycles. The van der Waals surface area contributed by atoms with E-state index < -0.39 is 11.7 Å². The number of rotatable bonds is 5. The quantitative estimate of drug-likeness (QED) is 0.176. The van der Waals surface area contributed by atoms with Crippen molar-refractivity contribution in [3.8, 4) is 51.3 Å². The van der Waals surface area contributed by atoms with Crippen molar-refractivity contribution in [1.29, 1.82) is 5.26 Å². The fourth-order valence-corrected chi connectivity index (χ4v) is 7.83. The number of alkyl halides is 3. The van der Waals surface area contributed by atoms with Gasteiger partial charge in [0.25, 0.3) is 0 Å². The van der Waals surface area contributed by atoms with Gasteiger partial charge in [-0.25, -0.2) is 19.9 Å². The number of halogens is 3. The Morgan fingerprint density at radius 3 is 1.41 bits per heavy atom. The molecule has 0 saturated carbocycles. The number of hydrogen-bond acceptors (Lipinski definition) is 5. The third kappa shape index (κ3) is 5.28. The van der Waals surface area contributed by atoms with Crippen LogP contribution in [0.4, 0.5) is 13.2 Å². The van der Waals surface area contributed by atoms with Crippen LogP contribution in [0.25, 0.3) is 88.9 Å². The molecular formula is C46H26F3N7. The molecule has 7 nitrogen and oxygen atoms in total. The van der Waals surface area contributed by atoms with Gasteiger partial charge in [0.05, 0.1) is 45.1 Å². The number of fused-ring (bicyclic) bond motifs is 6. The highest BCUT2D eigenvalue weighted by Gasteiger charge is 2.39. The summed E-state index contributed by atoms with van der Waals surface area (Å²) in [6, 6.07) is 41.9. The van der Waals surface area contributed by atoms with Gasteiger partial charge in [-0.15, -0.1) is 0 Å². The molecule has 0 aliphatic rings. The van der Waals surface area contributed by atoms with Crippen molar-refractivity contribution in [2.45, 2.75) is 6.18 Å². The third-order valence-electron chi connectivity index (χ3n) is 10.2. The number of nitrogens with zero attached hydrogens (tertiary/aromatic N) is 7. The van der Waals surface area contributed by atoms with Crippen LogP contribution in [0.5, 0.6) is 0 Å². The van der Waals surface area contributed by atoms with Gasteiger partial charge in [0.15, 0.2) is 11.6 Å². The highest BCUT2D eigenvalue weighted by Crippen LogP contribution is 2.46. The maximum absolute atomic E-state index is 16.2. The Labute approximate surface area is 317 Å². The van der Waals surface area contributed by atoms with Crippen LogP contribution in [0.2, 0.25) is 0 Å². The van der Waals surface area contributed by atoms with Crippen LogP contribution in [-0.4, -0.2) is 29.1 Å². The van der Waals surface area contributed by atoms with E-state index in [1.807, 2.05) is 91.0 Å². The van der Waals surface area contributed by atoms with E-state index in [0.717, 1.165) is 32.7 Å². The van der Waals surface area contributed by atoms with Gasteiger partial charge < -0.3 is 9.13 Å². The Morgan fingerprint density at radius 1 is 0.446 bits per heavy atom. The Balaban J connectivity index is 1.34. The Hall–Kier alpha value is -7.64. The molecule has 0 N–H and O–H groups in total. The van der Waals surface area contributed by atoms with Crippen LogP contribution in [0.1, 0.15) is 11.1 Å². The van der Waals surface area contributed by atoms with Gasteiger partial charge in [0.1, 0.15) is 5.56 Å². The molecule has 6 aromatic carbocycles. The monoisotopic (exact) mass is 733 g/mol. The van der Waals surface area contributed by atoms with Gasteiger partial charge in [0, 0.05) is 57.5 Å². The molecule has 0 saturated heterocycles. The molecule has 0 amide bonds. The minimum Gasteiger partial charge on any atom is -0.309 e. The van der Waals surface area contributed by atoms with E-state index in [1.54, 1.807) is 76.4 Å². The lowest BCUT2D eigenvalue weighted by atomic mass is 9.98. The average molecular weight is 734 g/mol. The topological polar surface area (TPSA) is 85.2 Å². The zero-order valence-electron chi connectivity index (χ0n) is 29.3. The van der Waals surface area contributed by atoms with Crippen LogP contribution in [0.15, 0.2) is 158 Å². The Morgan fingerprint density at radius 2 is 0.929 bits per heavy atom. The summed E-state index contributed by atoms with van der Waals surface area (Å²) in [4.78, 5) is 17.7. The van der Waals surface area contributed by atoms with Crippen LogP contribution >= 0.6 is 0 Å². The molecule has 10 aromatic rings. The summed E-state index contributed by atoms with van der Waals surface area (Å²) in [7, 11) is 0. The van der Waals surface area contributed by atoms with Gasteiger partial charge in [-0.2, -0.15) is 18.4 Å². The molecule has 4 aromatic heterocycles. The smallest absolute Gasteiger partial charge is 0.309 e. The van der Waals surface area contributed by atoms with Crippen molar-refractivity contribution < 1.29 is 13.2 Å². The molecule has 56 heavy (non-hydrogen) atoms. The standard InChI is InChI=1S/C46H26F3N7/c47-46(48,49)43-41(55-37-12-3-1-10-33(37)35-23-30(14-16-39(35)55)44-51-18-6-19-52-44)25-32(29-9-5-8-28(22-29)27-50)26-42(43)56-38-13-4-2-11-34(38)36-24-31(15-17-40(36)56)45-53-20-7-21-54-45/h1-26H. The lowest BCUT2D eigenvalue weighted by molar-refractivity contribution is -0.137. The lowest BCUT2D eigenvalue weighted by Gasteiger charge is -2.23. The van der Waals surface area contributed by atoms with Gasteiger partial charge in [0.2, 0.25) is 0 Å². The van der Waals surface area contributed by atoms with E-state index in [4.69, 9.17) is 0 Å². The zero-order chi connectivity index (χ0) is 38.0. The Bertz CT molecular complexity index is 3020. The van der Waals surface area contributed by atoms with Crippen molar-refractivity contribution in [3.63, 3.8) is 0 Å². The summed E-state index contributed by atoms with van der Waals surface area (Å²) < 4.78 is 52.0. The van der Waals surface area contributed by atoms with E-state index in [9.17, 15) is 5.26 Å². The van der Waals surface area contributed by atoms with Crippen LogP contribution < -0.4 is 0 Å². The minimum absolute atomic E-state index is 0.0532. The summed E-state index contributed by atoms with van der Waals surface area (Å²) in [5, 5.41) is 12.9. The largest absolute Gasteiger partial charge is 0.420 e. The van der Waals surface area contributed by atoms with Gasteiger partial charge >= 0.3 is 6.18 Å². The van der Waals surface area contributed by atoms with Gasteiger partial charge in [-0.05, 0) is 96.1 Å². The first-order valence-corrected chi connectivity index (χ1v) is 17.7. The summed E-state index contributed by atoms with van der Waals surface area (Å²) in [6.07, 6.45) is 1.81. The fraction of sp³-hybridized carbons (Fsp3) is 0.0217. The molecule has 266 valence electrons. The minimum atomic E-state index is -4.82. The number of benzene rings is 6. The van der Waals surface area contributed by atoms with Crippen LogP contribution in [-0.2, 0) is 6.18 Å². The normalized spacial score (nSPS) is 11.8. The van der Waals surface area contributed by atoms with Gasteiger partial charge in [-0.3, -0.25) is 0 Å². The Kier molecular flexibility index (Phi) is 7.50. The van der Waals surface area contributed by atoms with Crippen molar-refractivity contribution in [3.05, 3.63) is 169 Å². The molecule has 0 unspecified atom stereocenters. The van der Waals surface area contributed by atoms with E-state index >= 15 is 13.2 Å². The molecule has 0 atom stereocenters. The maximum Gasteiger partial charge on any atom is 0.420 e. The summed E-state index contributed by atoms with van der Waals surface area (Å²) in [6.45, 7) is 0. The number of para-hydroxylation sites is 2. The SMILES string of the molecule is N#Cc1cccc(-c2cc(-n3c4ccccc4c4cc(-c5ncccn5)ccc43)c(C(F)(F)F)c(-n3c4ccccc4c4cc(-c5ncccn5)ccc43)c2)c1. The third-order valence-corrected chi connectivity index (χ3v) is 10.2. The summed E-state index contributed by atoms with van der Waals surface area (Å²) in [5.74, 6) is 1.02. The molecule has 0 aliphatic heterocycles. The van der Waals surface area contributed by atoms with Crippen LogP contribution in [0, 0.1) is 11.3 Å². The first-order chi connectivity index (χ1) is 27.4. The molecule has 4 heterocycles. The molecule has 0 bridgehead atoms. The molecule has 0 fully saturated rings. The van der Waals surface area contributed by atoms with Crippen molar-refractivity contribution in [1.82, 2.24) is 29.1 Å². The van der Waals surface area contributed by atoms with Crippen molar-refractivity contribution in [2.75, 3.05) is 0 Å². The first-order valence-electron chi connectivity index (χ1n) is 17.7. The number of hydrogen-bond donors (Lipinski definition) is 0. The van der Waals surface area contributed by atoms with E-state index in [2.05, 4.69) is 26.0 Å². The molecule has 0 spiro atoms. The van der Waals surface area contributed by atoms with Crippen molar-refractivity contribution in [2.24, 2.45) is 0 Å². The lowest BCUT2D eigenvalue weighted by Crippen LogP contribution is -2.16. The van der Waals surface area contributed by atoms with E-state index in [0.29, 0.717) is 50.4 Å². The highest BCUT2D eigenvalue weighted by atomic mass is 19.4. The average Bonchev–Trinajstić information content (AvgIpc) is 3.75. The van der Waals surface area contributed by atoms with Crippen LogP contribution in [0.3, 0.4) is 0 Å². The second-order valence-electron chi connectivity index (χ2n) is 13.4. The fourth-order valence-electron chi connectivity index (χ4n) is 7.83. The number of aromatic nitrogens is 6. The summed E-state index contributed by atoms with van der Waals surface area (Å²) >= 11 is 0. The first kappa shape index (κ1) is 33.0. The summed E-state index contributed by atoms with van der Waals surface area (Å²) in [5.41, 5.74) is 4.44. The second kappa shape index (κ2) is 12.7. The van der Waals surface area contributed by atoms with Gasteiger partial charge in [-0.1, -0.05) is 48.5 Å². The van der Waals surface area contributed by atoms with E-state index in [-0.39, 0.29) is 11.4 Å². The maximum atomic E-state index is 16.2. The number of nitriles is 1. The molecule has 10 heteroatoms.